The molecule has 0 spiro atoms. The number of halogens is 3. The number of aromatic nitrogens is 1. The normalized spacial score (nSPS) is 13.9. The largest absolute Gasteiger partial charge is 0.573 e. The van der Waals surface area contributed by atoms with Crippen molar-refractivity contribution in [2.75, 3.05) is 36.5 Å². The lowest BCUT2D eigenvalue weighted by Gasteiger charge is -2.29. The molecule has 1 aromatic heterocycles. The molecule has 37 heavy (non-hydrogen) atoms. The van der Waals surface area contributed by atoms with Crippen LogP contribution in [0.15, 0.2) is 54.6 Å². The number of rotatable bonds is 8. The van der Waals surface area contributed by atoms with Gasteiger partial charge in [0.2, 0.25) is 0 Å². The Morgan fingerprint density at radius 1 is 1.14 bits per heavy atom. The van der Waals surface area contributed by atoms with Crippen LogP contribution in [0.1, 0.15) is 29.9 Å². The highest BCUT2D eigenvalue weighted by Crippen LogP contribution is 2.34. The first-order chi connectivity index (χ1) is 17.6. The smallest absolute Gasteiger partial charge is 0.406 e. The van der Waals surface area contributed by atoms with Gasteiger partial charge in [-0.15, -0.1) is 13.2 Å². The Kier molecular flexibility index (Phi) is 7.77. The van der Waals surface area contributed by atoms with Gasteiger partial charge >= 0.3 is 6.36 Å². The number of benzene rings is 2. The van der Waals surface area contributed by atoms with Gasteiger partial charge < -0.3 is 25.1 Å². The summed E-state index contributed by atoms with van der Waals surface area (Å²) in [7, 11) is 0. The van der Waals surface area contributed by atoms with E-state index in [1.807, 2.05) is 38.1 Å². The lowest BCUT2D eigenvalue weighted by atomic mass is 9.91. The van der Waals surface area contributed by atoms with Gasteiger partial charge in [0.25, 0.3) is 0 Å². The molecule has 0 amide bonds. The predicted octanol–water partition coefficient (Wildman–Crippen LogP) is 6.06. The highest BCUT2D eigenvalue weighted by molar-refractivity contribution is 6.10. The zero-order valence-electron chi connectivity index (χ0n) is 20.4. The van der Waals surface area contributed by atoms with Crippen molar-refractivity contribution in [2.24, 2.45) is 5.92 Å². The summed E-state index contributed by atoms with van der Waals surface area (Å²) in [5, 5.41) is 11.8. The monoisotopic (exact) mass is 512 g/mol. The van der Waals surface area contributed by atoms with Crippen LogP contribution in [0.3, 0.4) is 0 Å². The van der Waals surface area contributed by atoms with Gasteiger partial charge in [-0.1, -0.05) is 32.0 Å². The maximum absolute atomic E-state index is 12.7. The van der Waals surface area contributed by atoms with Gasteiger partial charge in [-0.05, 0) is 47.4 Å². The Hall–Kier alpha value is -3.92. The Balaban J connectivity index is 1.77. The first kappa shape index (κ1) is 26.2. The van der Waals surface area contributed by atoms with Gasteiger partial charge in [-0.3, -0.25) is 4.79 Å². The van der Waals surface area contributed by atoms with E-state index in [1.54, 1.807) is 12.1 Å². The van der Waals surface area contributed by atoms with Gasteiger partial charge in [0.05, 0.1) is 13.2 Å². The van der Waals surface area contributed by atoms with Crippen molar-refractivity contribution in [3.63, 3.8) is 0 Å². The molecule has 4 rings (SSSR count). The number of carbonyl (C=O) groups is 1. The first-order valence-corrected chi connectivity index (χ1v) is 11.8. The number of pyridine rings is 1. The van der Waals surface area contributed by atoms with E-state index in [1.165, 1.54) is 18.2 Å². The maximum Gasteiger partial charge on any atom is 0.573 e. The van der Waals surface area contributed by atoms with Crippen molar-refractivity contribution < 1.29 is 27.4 Å². The van der Waals surface area contributed by atoms with Gasteiger partial charge in [0, 0.05) is 41.8 Å². The Morgan fingerprint density at radius 3 is 2.46 bits per heavy atom. The summed E-state index contributed by atoms with van der Waals surface area (Å²) in [4.78, 5) is 18.4. The molecule has 0 aliphatic carbocycles. The van der Waals surface area contributed by atoms with E-state index in [0.29, 0.717) is 30.6 Å². The zero-order valence-corrected chi connectivity index (χ0v) is 20.4. The SMILES string of the molecule is CC(C)C(=N)c1c(-c2ccc(N3CCOCC3)cc2)cc(C=O)nc1Nc1cccc(OC(F)(F)F)c1. The standard InChI is InChI=1S/C27H27F3N4O3/c1-17(2)25(31)24-23(18-6-8-21(9-7-18)34-10-12-36-13-11-34)15-20(16-35)33-26(24)32-19-4-3-5-22(14-19)37-27(28,29)30/h3-9,14-17,31H,10-13H2,1-2H3,(H,32,33). The zero-order chi connectivity index (χ0) is 26.6. The van der Waals surface area contributed by atoms with Crippen LogP contribution in [-0.4, -0.2) is 49.6 Å². The molecule has 10 heteroatoms. The van der Waals surface area contributed by atoms with Crippen molar-refractivity contribution in [3.05, 3.63) is 65.9 Å². The number of aldehydes is 1. The summed E-state index contributed by atoms with van der Waals surface area (Å²) >= 11 is 0. The number of alkyl halides is 3. The molecule has 0 saturated carbocycles. The number of morpholine rings is 1. The summed E-state index contributed by atoms with van der Waals surface area (Å²) in [6.07, 6.45) is -4.23. The predicted molar refractivity (Wildman–Crippen MR) is 136 cm³/mol. The van der Waals surface area contributed by atoms with Crippen molar-refractivity contribution in [3.8, 4) is 16.9 Å². The average Bonchev–Trinajstić information content (AvgIpc) is 2.87. The topological polar surface area (TPSA) is 87.5 Å². The van der Waals surface area contributed by atoms with E-state index in [-0.39, 0.29) is 28.8 Å². The van der Waals surface area contributed by atoms with Crippen molar-refractivity contribution in [2.45, 2.75) is 20.2 Å². The van der Waals surface area contributed by atoms with Crippen molar-refractivity contribution in [1.29, 1.82) is 5.41 Å². The van der Waals surface area contributed by atoms with Crippen LogP contribution in [0.5, 0.6) is 5.75 Å². The number of nitrogens with zero attached hydrogens (tertiary/aromatic N) is 2. The molecule has 0 unspecified atom stereocenters. The number of anilines is 3. The van der Waals surface area contributed by atoms with Crippen molar-refractivity contribution in [1.82, 2.24) is 4.98 Å². The molecule has 2 aromatic carbocycles. The van der Waals surface area contributed by atoms with E-state index < -0.39 is 12.1 Å². The first-order valence-electron chi connectivity index (χ1n) is 11.8. The molecule has 194 valence electrons. The summed E-state index contributed by atoms with van der Waals surface area (Å²) in [5.41, 5.74) is 3.55. The minimum absolute atomic E-state index is 0.123. The highest BCUT2D eigenvalue weighted by Gasteiger charge is 2.31. The minimum Gasteiger partial charge on any atom is -0.406 e. The van der Waals surface area contributed by atoms with Crippen LogP contribution in [0.25, 0.3) is 11.1 Å². The molecular formula is C27H27F3N4O3. The molecule has 0 radical (unpaired) electrons. The van der Waals surface area contributed by atoms with Crippen LogP contribution in [0.4, 0.5) is 30.4 Å². The number of nitrogens with one attached hydrogen (secondary N) is 2. The molecule has 3 aromatic rings. The average molecular weight is 513 g/mol. The molecule has 0 bridgehead atoms. The second kappa shape index (κ2) is 11.0. The number of hydrogen-bond donors (Lipinski definition) is 2. The molecule has 1 saturated heterocycles. The highest BCUT2D eigenvalue weighted by atomic mass is 19.4. The van der Waals surface area contributed by atoms with Crippen LogP contribution in [0.2, 0.25) is 0 Å². The summed E-state index contributed by atoms with van der Waals surface area (Å²) in [5.74, 6) is -0.390. The summed E-state index contributed by atoms with van der Waals surface area (Å²) in [6, 6.07) is 14.8. The molecule has 1 aliphatic rings. The molecule has 2 heterocycles. The lowest BCUT2D eigenvalue weighted by Crippen LogP contribution is -2.36. The van der Waals surface area contributed by atoms with Gasteiger partial charge in [-0.2, -0.15) is 0 Å². The minimum atomic E-state index is -4.83. The lowest BCUT2D eigenvalue weighted by molar-refractivity contribution is -0.274. The third-order valence-corrected chi connectivity index (χ3v) is 5.89. The van der Waals surface area contributed by atoms with Crippen molar-refractivity contribution >= 4 is 29.2 Å². The fourth-order valence-corrected chi connectivity index (χ4v) is 4.09. The third kappa shape index (κ3) is 6.45. The van der Waals surface area contributed by atoms with Crippen LogP contribution >= 0.6 is 0 Å². The molecule has 7 nitrogen and oxygen atoms in total. The fraction of sp³-hybridized carbons (Fsp3) is 0.296. The maximum atomic E-state index is 12.7. The molecule has 0 atom stereocenters. The van der Waals surface area contributed by atoms with Crippen LogP contribution in [0, 0.1) is 11.3 Å². The van der Waals surface area contributed by atoms with E-state index >= 15 is 0 Å². The second-order valence-corrected chi connectivity index (χ2v) is 8.85. The number of ether oxygens (including phenoxy) is 2. The summed E-state index contributed by atoms with van der Waals surface area (Å²) < 4.78 is 47.6. The van der Waals surface area contributed by atoms with Gasteiger partial charge in [0.15, 0.2) is 6.29 Å². The third-order valence-electron chi connectivity index (χ3n) is 5.89. The Morgan fingerprint density at radius 2 is 1.84 bits per heavy atom. The Labute approximate surface area is 212 Å². The fourth-order valence-electron chi connectivity index (χ4n) is 4.09. The molecule has 1 aliphatic heterocycles. The van der Waals surface area contributed by atoms with E-state index in [2.05, 4.69) is 19.9 Å². The van der Waals surface area contributed by atoms with E-state index in [0.717, 1.165) is 24.3 Å². The Bertz CT molecular complexity index is 1270. The summed E-state index contributed by atoms with van der Waals surface area (Å²) in [6.45, 7) is 6.63. The second-order valence-electron chi connectivity index (χ2n) is 8.85. The quantitative estimate of drug-likeness (QED) is 0.282. The van der Waals surface area contributed by atoms with Gasteiger partial charge in [-0.25, -0.2) is 4.98 Å². The molecular weight excluding hydrogens is 485 g/mol. The molecule has 1 fully saturated rings. The van der Waals surface area contributed by atoms with E-state index in [9.17, 15) is 18.0 Å². The number of hydrogen-bond acceptors (Lipinski definition) is 7. The number of carbonyl (C=O) groups excluding carboxylic acids is 1. The van der Waals surface area contributed by atoms with Gasteiger partial charge in [0.1, 0.15) is 17.3 Å². The van der Waals surface area contributed by atoms with Crippen LogP contribution < -0.4 is 15.0 Å². The molecule has 2 N–H and O–H groups in total. The van der Waals surface area contributed by atoms with E-state index in [4.69, 9.17) is 10.1 Å². The van der Waals surface area contributed by atoms with Crippen LogP contribution in [-0.2, 0) is 4.74 Å².